The van der Waals surface area contributed by atoms with Gasteiger partial charge in [0.1, 0.15) is 5.76 Å². The van der Waals surface area contributed by atoms with Crippen molar-refractivity contribution in [2.24, 2.45) is 0 Å². The summed E-state index contributed by atoms with van der Waals surface area (Å²) >= 11 is 0. The third-order valence-electron chi connectivity index (χ3n) is 2.34. The summed E-state index contributed by atoms with van der Waals surface area (Å²) in [6, 6.07) is 3.96. The highest BCUT2D eigenvalue weighted by Gasteiger charge is 2.05. The number of carbonyl (C=O) groups is 1. The van der Waals surface area contributed by atoms with Crippen molar-refractivity contribution in [3.8, 4) is 0 Å². The van der Waals surface area contributed by atoms with Gasteiger partial charge in [-0.3, -0.25) is 4.79 Å². The van der Waals surface area contributed by atoms with E-state index in [-0.39, 0.29) is 11.9 Å². The first kappa shape index (κ1) is 13.3. The Kier molecular flexibility index (Phi) is 5.86. The van der Waals surface area contributed by atoms with Crippen molar-refractivity contribution in [1.29, 1.82) is 0 Å². The number of rotatable bonds is 6. The average molecular weight is 233 g/mol. The predicted octanol–water partition coefficient (Wildman–Crippen LogP) is 2.85. The molecule has 17 heavy (non-hydrogen) atoms. The molecular formula is C14H19NO2. The van der Waals surface area contributed by atoms with E-state index in [1.165, 1.54) is 6.08 Å². The fourth-order valence-corrected chi connectivity index (χ4v) is 1.43. The molecule has 0 bridgehead atoms. The smallest absolute Gasteiger partial charge is 0.244 e. The third kappa shape index (κ3) is 5.76. The van der Waals surface area contributed by atoms with Gasteiger partial charge in [0.15, 0.2) is 0 Å². The van der Waals surface area contributed by atoms with Crippen LogP contribution in [0.5, 0.6) is 0 Å². The summed E-state index contributed by atoms with van der Waals surface area (Å²) in [5.41, 5.74) is 0. The van der Waals surface area contributed by atoms with Crippen LogP contribution in [0.3, 0.4) is 0 Å². The van der Waals surface area contributed by atoms with E-state index in [2.05, 4.69) is 5.32 Å². The summed E-state index contributed by atoms with van der Waals surface area (Å²) in [5.74, 6) is 0.894. The summed E-state index contributed by atoms with van der Waals surface area (Å²) < 4.78 is 5.23. The molecule has 0 radical (unpaired) electrons. The lowest BCUT2D eigenvalue weighted by Gasteiger charge is -2.11. The fourth-order valence-electron chi connectivity index (χ4n) is 1.43. The van der Waals surface area contributed by atoms with Gasteiger partial charge in [-0.25, -0.2) is 0 Å². The molecule has 0 saturated heterocycles. The van der Waals surface area contributed by atoms with Gasteiger partial charge in [0.2, 0.25) is 5.91 Å². The number of aryl methyl sites for hydroxylation is 1. The van der Waals surface area contributed by atoms with Crippen LogP contribution in [0.15, 0.2) is 47.1 Å². The predicted molar refractivity (Wildman–Crippen MR) is 68.6 cm³/mol. The standard InChI is InChI=1S/C14H19NO2/c1-3-4-5-8-14(16)15-12(2)9-10-13-7-6-11-17-13/h3-8,11-12H,9-10H2,1-2H3,(H,15,16)/b4-3+,8-5-/t12-/m1/s1. The molecule has 0 aromatic carbocycles. The fraction of sp³-hybridized carbons (Fsp3) is 0.357. The molecule has 0 fully saturated rings. The van der Waals surface area contributed by atoms with Gasteiger partial charge in [0.25, 0.3) is 0 Å². The van der Waals surface area contributed by atoms with Crippen LogP contribution < -0.4 is 5.32 Å². The second-order valence-electron chi connectivity index (χ2n) is 3.91. The van der Waals surface area contributed by atoms with Crippen molar-refractivity contribution in [3.63, 3.8) is 0 Å². The van der Waals surface area contributed by atoms with E-state index < -0.39 is 0 Å². The summed E-state index contributed by atoms with van der Waals surface area (Å²) in [4.78, 5) is 11.4. The van der Waals surface area contributed by atoms with Crippen molar-refractivity contribution < 1.29 is 9.21 Å². The van der Waals surface area contributed by atoms with Crippen molar-refractivity contribution in [1.82, 2.24) is 5.32 Å². The Morgan fingerprint density at radius 1 is 1.53 bits per heavy atom. The molecule has 3 heteroatoms. The highest BCUT2D eigenvalue weighted by atomic mass is 16.3. The van der Waals surface area contributed by atoms with E-state index in [4.69, 9.17) is 4.42 Å². The van der Waals surface area contributed by atoms with Crippen LogP contribution in [0.2, 0.25) is 0 Å². The zero-order chi connectivity index (χ0) is 12.5. The molecule has 0 spiro atoms. The lowest BCUT2D eigenvalue weighted by Crippen LogP contribution is -2.31. The van der Waals surface area contributed by atoms with Crippen LogP contribution in [0.4, 0.5) is 0 Å². The molecule has 1 rings (SSSR count). The third-order valence-corrected chi connectivity index (χ3v) is 2.34. The monoisotopic (exact) mass is 233 g/mol. The first-order valence-corrected chi connectivity index (χ1v) is 5.84. The van der Waals surface area contributed by atoms with E-state index >= 15 is 0 Å². The first-order valence-electron chi connectivity index (χ1n) is 5.84. The number of nitrogens with one attached hydrogen (secondary N) is 1. The summed E-state index contributed by atoms with van der Waals surface area (Å²) in [5, 5.41) is 2.90. The molecule has 1 amide bonds. The maximum Gasteiger partial charge on any atom is 0.244 e. The number of amides is 1. The molecule has 1 N–H and O–H groups in total. The summed E-state index contributed by atoms with van der Waals surface area (Å²) in [7, 11) is 0. The lowest BCUT2D eigenvalue weighted by molar-refractivity contribution is -0.117. The normalized spacial score (nSPS) is 13.3. The van der Waals surface area contributed by atoms with E-state index in [1.54, 1.807) is 12.3 Å². The number of hydrogen-bond acceptors (Lipinski definition) is 2. The Morgan fingerprint density at radius 2 is 2.35 bits per heavy atom. The van der Waals surface area contributed by atoms with Gasteiger partial charge in [-0.2, -0.15) is 0 Å². The molecule has 1 aromatic heterocycles. The topological polar surface area (TPSA) is 42.2 Å². The largest absolute Gasteiger partial charge is 0.469 e. The second kappa shape index (κ2) is 7.49. The van der Waals surface area contributed by atoms with Gasteiger partial charge in [-0.15, -0.1) is 0 Å². The highest BCUT2D eigenvalue weighted by molar-refractivity contribution is 5.87. The van der Waals surface area contributed by atoms with Crippen LogP contribution in [0.1, 0.15) is 26.0 Å². The SMILES string of the molecule is C/C=C/C=C\C(=O)N[C@H](C)CCc1ccco1. The number of carbonyl (C=O) groups excluding carboxylic acids is 1. The molecule has 3 nitrogen and oxygen atoms in total. The average Bonchev–Trinajstić information content (AvgIpc) is 2.79. The second-order valence-corrected chi connectivity index (χ2v) is 3.91. The van der Waals surface area contributed by atoms with Crippen LogP contribution in [0.25, 0.3) is 0 Å². The number of allylic oxidation sites excluding steroid dienone is 3. The molecule has 0 unspecified atom stereocenters. The number of furan rings is 1. The minimum atomic E-state index is -0.0601. The van der Waals surface area contributed by atoms with E-state index in [9.17, 15) is 4.79 Å². The Hall–Kier alpha value is -1.77. The Labute approximate surface area is 102 Å². The zero-order valence-electron chi connectivity index (χ0n) is 10.3. The van der Waals surface area contributed by atoms with Crippen LogP contribution in [0, 0.1) is 0 Å². The number of hydrogen-bond donors (Lipinski definition) is 1. The molecule has 1 aromatic rings. The molecule has 0 aliphatic heterocycles. The molecule has 92 valence electrons. The van der Waals surface area contributed by atoms with Gasteiger partial charge in [0, 0.05) is 18.5 Å². The maximum absolute atomic E-state index is 11.4. The molecular weight excluding hydrogens is 214 g/mol. The van der Waals surface area contributed by atoms with Gasteiger partial charge in [-0.05, 0) is 32.4 Å². The lowest BCUT2D eigenvalue weighted by atomic mass is 10.1. The molecule has 0 aliphatic rings. The van der Waals surface area contributed by atoms with Gasteiger partial charge in [-0.1, -0.05) is 18.2 Å². The minimum absolute atomic E-state index is 0.0601. The summed E-state index contributed by atoms with van der Waals surface area (Å²) in [6.45, 7) is 3.90. The van der Waals surface area contributed by atoms with Crippen molar-refractivity contribution in [2.75, 3.05) is 0 Å². The van der Waals surface area contributed by atoms with Crippen molar-refractivity contribution in [2.45, 2.75) is 32.7 Å². The van der Waals surface area contributed by atoms with E-state index in [0.717, 1.165) is 18.6 Å². The minimum Gasteiger partial charge on any atom is -0.469 e. The van der Waals surface area contributed by atoms with Gasteiger partial charge >= 0.3 is 0 Å². The quantitative estimate of drug-likeness (QED) is 0.606. The van der Waals surface area contributed by atoms with Gasteiger partial charge < -0.3 is 9.73 Å². The highest BCUT2D eigenvalue weighted by Crippen LogP contribution is 2.05. The first-order chi connectivity index (χ1) is 8.22. The molecule has 1 atom stereocenters. The van der Waals surface area contributed by atoms with Crippen LogP contribution in [-0.4, -0.2) is 11.9 Å². The maximum atomic E-state index is 11.4. The van der Waals surface area contributed by atoms with Crippen LogP contribution in [-0.2, 0) is 11.2 Å². The molecule has 0 aliphatic carbocycles. The molecule has 0 saturated carbocycles. The Morgan fingerprint density at radius 3 is 3.00 bits per heavy atom. The van der Waals surface area contributed by atoms with Crippen molar-refractivity contribution >= 4 is 5.91 Å². The Bertz CT molecular complexity index is 377. The zero-order valence-corrected chi connectivity index (χ0v) is 10.3. The van der Waals surface area contributed by atoms with E-state index in [0.29, 0.717) is 0 Å². The van der Waals surface area contributed by atoms with Crippen molar-refractivity contribution in [3.05, 3.63) is 48.5 Å². The van der Waals surface area contributed by atoms with E-state index in [1.807, 2.05) is 38.1 Å². The Balaban J connectivity index is 2.24. The summed E-state index contributed by atoms with van der Waals surface area (Å²) in [6.07, 6.45) is 10.3. The van der Waals surface area contributed by atoms with Crippen LogP contribution >= 0.6 is 0 Å². The van der Waals surface area contributed by atoms with Gasteiger partial charge in [0.05, 0.1) is 6.26 Å². The molecule has 1 heterocycles.